The number of halogens is 3. The van der Waals surface area contributed by atoms with Crippen LogP contribution >= 0.6 is 0 Å². The van der Waals surface area contributed by atoms with Gasteiger partial charge >= 0.3 is 12.1 Å². The van der Waals surface area contributed by atoms with E-state index in [0.29, 0.717) is 0 Å². The second-order valence-corrected chi connectivity index (χ2v) is 3.91. The Bertz CT molecular complexity index is 711. The van der Waals surface area contributed by atoms with Gasteiger partial charge in [-0.15, -0.1) is 0 Å². The van der Waals surface area contributed by atoms with Crippen LogP contribution in [-0.4, -0.2) is 15.6 Å². The number of carboxylic acids is 1. The van der Waals surface area contributed by atoms with Gasteiger partial charge in [-0.2, -0.15) is 18.4 Å². The van der Waals surface area contributed by atoms with Crippen molar-refractivity contribution in [3.05, 3.63) is 53.3 Å². The molecule has 1 N–H and O–H groups in total. The van der Waals surface area contributed by atoms with Gasteiger partial charge in [0.15, 0.2) is 0 Å². The molecule has 0 spiro atoms. The standard InChI is InChI=1S/C13H7F3N2O2/c14-13(15,16)9-2-1-3-10(6-9)18-5-4-8(7-17)11(18)12(19)20/h1-6H,(H,19,20). The maximum absolute atomic E-state index is 12.6. The van der Waals surface area contributed by atoms with E-state index in [9.17, 15) is 18.0 Å². The van der Waals surface area contributed by atoms with E-state index in [0.717, 1.165) is 16.7 Å². The molecular weight excluding hydrogens is 273 g/mol. The summed E-state index contributed by atoms with van der Waals surface area (Å²) in [5.41, 5.74) is -1.35. The number of nitriles is 1. The Morgan fingerprint density at radius 1 is 1.30 bits per heavy atom. The molecule has 7 heteroatoms. The van der Waals surface area contributed by atoms with Crippen molar-refractivity contribution in [1.82, 2.24) is 4.57 Å². The fourth-order valence-electron chi connectivity index (χ4n) is 1.79. The number of aromatic nitrogens is 1. The van der Waals surface area contributed by atoms with Gasteiger partial charge in [-0.25, -0.2) is 4.79 Å². The Morgan fingerprint density at radius 2 is 2.00 bits per heavy atom. The number of hydrogen-bond acceptors (Lipinski definition) is 2. The number of rotatable bonds is 2. The second-order valence-electron chi connectivity index (χ2n) is 3.91. The van der Waals surface area contributed by atoms with Gasteiger partial charge in [-0.05, 0) is 24.3 Å². The van der Waals surface area contributed by atoms with Crippen LogP contribution in [0.3, 0.4) is 0 Å². The zero-order valence-corrected chi connectivity index (χ0v) is 9.85. The monoisotopic (exact) mass is 280 g/mol. The van der Waals surface area contributed by atoms with Crippen LogP contribution in [0.25, 0.3) is 5.69 Å². The van der Waals surface area contributed by atoms with Crippen molar-refractivity contribution in [3.63, 3.8) is 0 Å². The first kappa shape index (κ1) is 13.7. The van der Waals surface area contributed by atoms with E-state index in [4.69, 9.17) is 10.4 Å². The number of aromatic carboxylic acids is 1. The lowest BCUT2D eigenvalue weighted by atomic mass is 10.2. The smallest absolute Gasteiger partial charge is 0.416 e. The van der Waals surface area contributed by atoms with E-state index in [1.54, 1.807) is 6.07 Å². The van der Waals surface area contributed by atoms with Crippen molar-refractivity contribution in [2.45, 2.75) is 6.18 Å². The molecule has 0 fully saturated rings. The zero-order chi connectivity index (χ0) is 14.9. The molecule has 20 heavy (non-hydrogen) atoms. The third kappa shape index (κ3) is 2.36. The van der Waals surface area contributed by atoms with Crippen molar-refractivity contribution < 1.29 is 23.1 Å². The lowest BCUT2D eigenvalue weighted by Gasteiger charge is -2.11. The molecule has 0 atom stereocenters. The van der Waals surface area contributed by atoms with E-state index in [-0.39, 0.29) is 16.9 Å². The van der Waals surface area contributed by atoms with Gasteiger partial charge in [-0.1, -0.05) is 6.07 Å². The normalized spacial score (nSPS) is 11.1. The molecule has 0 bridgehead atoms. The average molecular weight is 280 g/mol. The van der Waals surface area contributed by atoms with Gasteiger partial charge in [-0.3, -0.25) is 0 Å². The lowest BCUT2D eigenvalue weighted by Crippen LogP contribution is -2.10. The summed E-state index contributed by atoms with van der Waals surface area (Å²) in [7, 11) is 0. The van der Waals surface area contributed by atoms with Gasteiger partial charge in [0.2, 0.25) is 0 Å². The third-order valence-electron chi connectivity index (χ3n) is 2.66. The van der Waals surface area contributed by atoms with Gasteiger partial charge < -0.3 is 9.67 Å². The van der Waals surface area contributed by atoms with Crippen LogP contribution in [0, 0.1) is 11.3 Å². The molecule has 0 radical (unpaired) electrons. The van der Waals surface area contributed by atoms with Crippen molar-refractivity contribution >= 4 is 5.97 Å². The molecule has 0 saturated carbocycles. The average Bonchev–Trinajstić information content (AvgIpc) is 2.81. The van der Waals surface area contributed by atoms with Crippen LogP contribution in [0.4, 0.5) is 13.2 Å². The number of hydrogen-bond donors (Lipinski definition) is 1. The maximum Gasteiger partial charge on any atom is 0.416 e. The van der Waals surface area contributed by atoms with Gasteiger partial charge in [0, 0.05) is 11.9 Å². The first-order chi connectivity index (χ1) is 9.34. The number of alkyl halides is 3. The molecule has 0 unspecified atom stereocenters. The summed E-state index contributed by atoms with van der Waals surface area (Å²) >= 11 is 0. The fourth-order valence-corrected chi connectivity index (χ4v) is 1.79. The van der Waals surface area contributed by atoms with Gasteiger partial charge in [0.25, 0.3) is 0 Å². The topological polar surface area (TPSA) is 66.0 Å². The maximum atomic E-state index is 12.6. The van der Waals surface area contributed by atoms with E-state index >= 15 is 0 Å². The molecule has 0 saturated heterocycles. The van der Waals surface area contributed by atoms with Crippen LogP contribution in [0.1, 0.15) is 21.6 Å². The van der Waals surface area contributed by atoms with E-state index < -0.39 is 17.7 Å². The molecule has 2 rings (SSSR count). The highest BCUT2D eigenvalue weighted by Gasteiger charge is 2.30. The van der Waals surface area contributed by atoms with Crippen LogP contribution in [0.15, 0.2) is 36.5 Å². The molecule has 0 aliphatic carbocycles. The SMILES string of the molecule is N#Cc1ccn(-c2cccc(C(F)(F)F)c2)c1C(=O)O. The van der Waals surface area contributed by atoms with Gasteiger partial charge in [0.1, 0.15) is 11.8 Å². The van der Waals surface area contributed by atoms with E-state index in [2.05, 4.69) is 0 Å². The highest BCUT2D eigenvalue weighted by Crippen LogP contribution is 2.30. The molecule has 0 aliphatic rings. The third-order valence-corrected chi connectivity index (χ3v) is 2.66. The molecule has 2 aromatic rings. The minimum Gasteiger partial charge on any atom is -0.477 e. The molecule has 102 valence electrons. The van der Waals surface area contributed by atoms with Crippen LogP contribution in [0.5, 0.6) is 0 Å². The number of nitrogens with zero attached hydrogens (tertiary/aromatic N) is 2. The summed E-state index contributed by atoms with van der Waals surface area (Å²) in [6.45, 7) is 0. The van der Waals surface area contributed by atoms with Crippen LogP contribution < -0.4 is 0 Å². The summed E-state index contributed by atoms with van der Waals surface area (Å²) in [6, 6.07) is 7.15. The Labute approximate surface area is 111 Å². The number of carbonyl (C=O) groups is 1. The summed E-state index contributed by atoms with van der Waals surface area (Å²) < 4.78 is 38.9. The van der Waals surface area contributed by atoms with E-state index in [1.807, 2.05) is 0 Å². The predicted molar refractivity (Wildman–Crippen MR) is 62.4 cm³/mol. The first-order valence-corrected chi connectivity index (χ1v) is 5.37. The summed E-state index contributed by atoms with van der Waals surface area (Å²) in [5.74, 6) is -1.39. The quantitative estimate of drug-likeness (QED) is 0.919. The summed E-state index contributed by atoms with van der Waals surface area (Å²) in [6.07, 6.45) is -3.28. The Kier molecular flexibility index (Phi) is 3.24. The van der Waals surface area contributed by atoms with Gasteiger partial charge in [0.05, 0.1) is 11.1 Å². The van der Waals surface area contributed by atoms with Crippen molar-refractivity contribution in [2.75, 3.05) is 0 Å². The molecule has 1 heterocycles. The molecule has 4 nitrogen and oxygen atoms in total. The number of carboxylic acid groups (broad SMARTS) is 1. The largest absolute Gasteiger partial charge is 0.477 e. The fraction of sp³-hybridized carbons (Fsp3) is 0.0769. The van der Waals surface area contributed by atoms with Crippen molar-refractivity contribution in [3.8, 4) is 11.8 Å². The highest BCUT2D eigenvalue weighted by molar-refractivity contribution is 5.89. The molecule has 0 aliphatic heterocycles. The zero-order valence-electron chi connectivity index (χ0n) is 9.85. The molecule has 1 aromatic carbocycles. The first-order valence-electron chi connectivity index (χ1n) is 5.37. The summed E-state index contributed by atoms with van der Waals surface area (Å²) in [5, 5.41) is 17.9. The lowest BCUT2D eigenvalue weighted by molar-refractivity contribution is -0.137. The second kappa shape index (κ2) is 4.74. The minimum atomic E-state index is -4.52. The van der Waals surface area contributed by atoms with Crippen molar-refractivity contribution in [2.24, 2.45) is 0 Å². The number of benzene rings is 1. The Morgan fingerprint density at radius 3 is 2.55 bits per heavy atom. The van der Waals surface area contributed by atoms with E-state index in [1.165, 1.54) is 24.4 Å². The molecule has 1 aromatic heterocycles. The van der Waals surface area contributed by atoms with Crippen LogP contribution in [0.2, 0.25) is 0 Å². The summed E-state index contributed by atoms with van der Waals surface area (Å²) in [4.78, 5) is 11.1. The van der Waals surface area contributed by atoms with Crippen molar-refractivity contribution in [1.29, 1.82) is 5.26 Å². The minimum absolute atomic E-state index is 0.0266. The van der Waals surface area contributed by atoms with Crippen LogP contribution in [-0.2, 0) is 6.18 Å². The highest BCUT2D eigenvalue weighted by atomic mass is 19.4. The molecule has 0 amide bonds. The molecular formula is C13H7F3N2O2. The predicted octanol–water partition coefficient (Wildman–Crippen LogP) is 3.07. The Balaban J connectivity index is 2.62. The Hall–Kier alpha value is -2.75.